The van der Waals surface area contributed by atoms with Crippen LogP contribution in [0.15, 0.2) is 17.9 Å². The van der Waals surface area contributed by atoms with Crippen molar-refractivity contribution in [2.24, 2.45) is 0 Å². The Morgan fingerprint density at radius 2 is 2.28 bits per heavy atom. The zero-order chi connectivity index (χ0) is 12.9. The van der Waals surface area contributed by atoms with Crippen molar-refractivity contribution in [2.75, 3.05) is 5.32 Å². The number of allylic oxidation sites excluding steroid dienone is 1. The number of hydrogen-bond acceptors (Lipinski definition) is 3. The molecule has 1 unspecified atom stereocenters. The van der Waals surface area contributed by atoms with Crippen LogP contribution in [0.3, 0.4) is 0 Å². The molecule has 1 heterocycles. The number of ether oxygens (including phenoxy) is 1. The van der Waals surface area contributed by atoms with Crippen LogP contribution in [0.1, 0.15) is 24.5 Å². The predicted molar refractivity (Wildman–Crippen MR) is 63.8 cm³/mol. The predicted octanol–water partition coefficient (Wildman–Crippen LogP) is 2.99. The van der Waals surface area contributed by atoms with E-state index < -0.39 is 6.16 Å². The van der Waals surface area contributed by atoms with Gasteiger partial charge in [-0.05, 0) is 31.0 Å². The van der Waals surface area contributed by atoms with Crippen LogP contribution in [0.25, 0.3) is 5.57 Å². The Balaban J connectivity index is 2.20. The third-order valence-corrected chi connectivity index (χ3v) is 3.44. The molecule has 0 aromatic heterocycles. The normalized spacial score (nSPS) is 20.4. The van der Waals surface area contributed by atoms with Gasteiger partial charge in [0.15, 0.2) is 0 Å². The molecule has 4 nitrogen and oxygen atoms in total. The van der Waals surface area contributed by atoms with Gasteiger partial charge in [0.25, 0.3) is 0 Å². The third kappa shape index (κ3) is 1.47. The van der Waals surface area contributed by atoms with Gasteiger partial charge in [-0.3, -0.25) is 0 Å². The van der Waals surface area contributed by atoms with Crippen LogP contribution in [-0.2, 0) is 11.2 Å². The summed E-state index contributed by atoms with van der Waals surface area (Å²) in [5, 5.41) is 11.9. The van der Waals surface area contributed by atoms with Gasteiger partial charge >= 0.3 is 6.16 Å². The van der Waals surface area contributed by atoms with E-state index in [1.54, 1.807) is 6.07 Å². The van der Waals surface area contributed by atoms with E-state index >= 15 is 0 Å². The molecule has 0 saturated heterocycles. The highest BCUT2D eigenvalue weighted by Gasteiger charge is 2.34. The van der Waals surface area contributed by atoms with Crippen molar-refractivity contribution in [1.29, 1.82) is 0 Å². The molecule has 0 bridgehead atoms. The van der Waals surface area contributed by atoms with Crippen molar-refractivity contribution in [3.63, 3.8) is 0 Å². The maximum Gasteiger partial charge on any atom is 0.511 e. The van der Waals surface area contributed by atoms with E-state index in [0.717, 1.165) is 16.8 Å². The second-order valence-corrected chi connectivity index (χ2v) is 4.52. The molecule has 2 aliphatic rings. The summed E-state index contributed by atoms with van der Waals surface area (Å²) in [5.74, 6) is 0.191. The summed E-state index contributed by atoms with van der Waals surface area (Å²) >= 11 is 0. The van der Waals surface area contributed by atoms with Gasteiger partial charge in [0.05, 0.1) is 6.04 Å². The van der Waals surface area contributed by atoms with Gasteiger partial charge < -0.3 is 15.2 Å². The quantitative estimate of drug-likeness (QED) is 0.751. The molecule has 0 spiro atoms. The van der Waals surface area contributed by atoms with Crippen LogP contribution in [0, 0.1) is 5.82 Å². The fourth-order valence-electron chi connectivity index (χ4n) is 2.78. The number of hydrogen-bond donors (Lipinski definition) is 2. The molecule has 0 amide bonds. The minimum atomic E-state index is -1.32. The zero-order valence-electron chi connectivity index (χ0n) is 9.79. The van der Waals surface area contributed by atoms with Crippen LogP contribution in [0.2, 0.25) is 0 Å². The molecule has 94 valence electrons. The Bertz CT molecular complexity index is 580. The Morgan fingerprint density at radius 1 is 1.50 bits per heavy atom. The van der Waals surface area contributed by atoms with E-state index in [0.29, 0.717) is 24.2 Å². The lowest BCUT2D eigenvalue weighted by Crippen LogP contribution is -2.16. The third-order valence-electron chi connectivity index (χ3n) is 3.44. The van der Waals surface area contributed by atoms with Crippen molar-refractivity contribution in [3.8, 4) is 0 Å². The largest absolute Gasteiger partial charge is 0.511 e. The first-order valence-electron chi connectivity index (χ1n) is 5.80. The van der Waals surface area contributed by atoms with Gasteiger partial charge in [-0.2, -0.15) is 0 Å². The summed E-state index contributed by atoms with van der Waals surface area (Å²) in [4.78, 5) is 10.7. The fourth-order valence-corrected chi connectivity index (χ4v) is 2.78. The number of anilines is 1. The summed E-state index contributed by atoms with van der Waals surface area (Å²) in [7, 11) is 0. The monoisotopic (exact) mass is 249 g/mol. The van der Waals surface area contributed by atoms with Gasteiger partial charge in [-0.1, -0.05) is 0 Å². The number of carboxylic acid groups (broad SMARTS) is 1. The zero-order valence-corrected chi connectivity index (χ0v) is 9.79. The Hall–Kier alpha value is -2.04. The summed E-state index contributed by atoms with van der Waals surface area (Å²) in [6.07, 6.45) is -0.436. The molecule has 1 aliphatic carbocycles. The minimum Gasteiger partial charge on any atom is -0.449 e. The fraction of sp³-hybridized carbons (Fsp3) is 0.308. The molecule has 0 radical (unpaired) electrons. The standard InChI is InChI=1S/C13H12FNO3/c1-6-11-10(18-13(16)17)5-2-7-8(14)3-4-9(15-6)12(7)11/h3-4,6,15H,2,5H2,1H3,(H,16,17). The molecule has 0 fully saturated rings. The second-order valence-electron chi connectivity index (χ2n) is 4.52. The lowest BCUT2D eigenvalue weighted by molar-refractivity contribution is 0.116. The van der Waals surface area contributed by atoms with E-state index in [4.69, 9.17) is 9.84 Å². The molecule has 1 aromatic carbocycles. The van der Waals surface area contributed by atoms with Gasteiger partial charge in [-0.15, -0.1) is 0 Å². The SMILES string of the molecule is CC1Nc2ccc(F)c3c2C1=C(OC(=O)O)CC3. The van der Waals surface area contributed by atoms with Crippen LogP contribution >= 0.6 is 0 Å². The molecular formula is C13H12FNO3. The van der Waals surface area contributed by atoms with Crippen molar-refractivity contribution >= 4 is 17.4 Å². The number of benzene rings is 1. The lowest BCUT2D eigenvalue weighted by Gasteiger charge is -2.20. The number of rotatable bonds is 1. The van der Waals surface area contributed by atoms with Crippen molar-refractivity contribution in [3.05, 3.63) is 34.8 Å². The average Bonchev–Trinajstić information content (AvgIpc) is 2.64. The first-order valence-corrected chi connectivity index (χ1v) is 5.80. The van der Waals surface area contributed by atoms with Crippen molar-refractivity contribution in [2.45, 2.75) is 25.8 Å². The molecule has 1 aromatic rings. The van der Waals surface area contributed by atoms with Crippen LogP contribution < -0.4 is 5.32 Å². The Labute approximate surface area is 103 Å². The molecule has 3 rings (SSSR count). The van der Waals surface area contributed by atoms with E-state index in [-0.39, 0.29) is 11.9 Å². The van der Waals surface area contributed by atoms with E-state index in [1.165, 1.54) is 6.07 Å². The highest BCUT2D eigenvalue weighted by molar-refractivity contribution is 5.90. The summed E-state index contributed by atoms with van der Waals surface area (Å²) in [5.41, 5.74) is 3.05. The molecule has 5 heteroatoms. The maximum atomic E-state index is 13.8. The van der Waals surface area contributed by atoms with Gasteiger partial charge in [0, 0.05) is 23.2 Å². The topological polar surface area (TPSA) is 58.6 Å². The Kier molecular flexibility index (Phi) is 2.29. The number of carbonyl (C=O) groups is 1. The first kappa shape index (κ1) is 11.1. The minimum absolute atomic E-state index is 0.0600. The molecule has 18 heavy (non-hydrogen) atoms. The molecule has 1 aliphatic heterocycles. The second kappa shape index (κ2) is 3.73. The van der Waals surface area contributed by atoms with Crippen LogP contribution in [0.5, 0.6) is 0 Å². The number of nitrogens with one attached hydrogen (secondary N) is 1. The van der Waals surface area contributed by atoms with Crippen LogP contribution in [-0.4, -0.2) is 17.3 Å². The summed E-state index contributed by atoms with van der Waals surface area (Å²) < 4.78 is 18.6. The number of halogens is 1. The van der Waals surface area contributed by atoms with E-state index in [9.17, 15) is 9.18 Å². The smallest absolute Gasteiger partial charge is 0.449 e. The lowest BCUT2D eigenvalue weighted by atomic mass is 9.88. The molecular weight excluding hydrogens is 237 g/mol. The molecule has 2 N–H and O–H groups in total. The van der Waals surface area contributed by atoms with Gasteiger partial charge in [-0.25, -0.2) is 9.18 Å². The summed E-state index contributed by atoms with van der Waals surface area (Å²) in [6, 6.07) is 3.07. The van der Waals surface area contributed by atoms with Gasteiger partial charge in [0.2, 0.25) is 0 Å². The summed E-state index contributed by atoms with van der Waals surface area (Å²) in [6.45, 7) is 1.91. The molecule has 1 atom stereocenters. The van der Waals surface area contributed by atoms with Crippen LogP contribution in [0.4, 0.5) is 14.9 Å². The van der Waals surface area contributed by atoms with Gasteiger partial charge in [0.1, 0.15) is 11.6 Å². The van der Waals surface area contributed by atoms with Crippen molar-refractivity contribution < 1.29 is 19.0 Å². The van der Waals surface area contributed by atoms with Crippen molar-refractivity contribution in [1.82, 2.24) is 0 Å². The molecule has 0 saturated carbocycles. The van der Waals surface area contributed by atoms with E-state index in [1.807, 2.05) is 6.92 Å². The average molecular weight is 249 g/mol. The maximum absolute atomic E-state index is 13.8. The first-order chi connectivity index (χ1) is 8.58. The highest BCUT2D eigenvalue weighted by Crippen LogP contribution is 2.44. The van der Waals surface area contributed by atoms with E-state index in [2.05, 4.69) is 5.32 Å². The Morgan fingerprint density at radius 3 is 3.00 bits per heavy atom. The highest BCUT2D eigenvalue weighted by atomic mass is 19.1.